The molecular weight excluding hydrogens is 253 g/mol. The van der Waals surface area contributed by atoms with E-state index in [1.54, 1.807) is 25.1 Å². The van der Waals surface area contributed by atoms with E-state index in [2.05, 4.69) is 0 Å². The van der Waals surface area contributed by atoms with Crippen LogP contribution in [0.4, 0.5) is 13.2 Å². The van der Waals surface area contributed by atoms with Gasteiger partial charge >= 0.3 is 6.18 Å². The van der Waals surface area contributed by atoms with Gasteiger partial charge in [-0.25, -0.2) is 0 Å². The van der Waals surface area contributed by atoms with E-state index in [4.69, 9.17) is 5.26 Å². The molecule has 2 aromatic rings. The molecule has 5 heteroatoms. The SMILES string of the molecule is Cc1cccc2c(CCC#N)c(C(F)(F)F)n(C)c12. The van der Waals surface area contributed by atoms with Crippen LogP contribution in [0.15, 0.2) is 18.2 Å². The minimum atomic E-state index is -4.41. The average Bonchev–Trinajstić information content (AvgIpc) is 2.60. The Balaban J connectivity index is 2.82. The predicted octanol–water partition coefficient (Wildman–Crippen LogP) is 3.96. The number of alkyl halides is 3. The third-order valence-electron chi connectivity index (χ3n) is 3.27. The Labute approximate surface area is 109 Å². The van der Waals surface area contributed by atoms with Gasteiger partial charge in [0.15, 0.2) is 0 Å². The monoisotopic (exact) mass is 266 g/mol. The van der Waals surface area contributed by atoms with E-state index in [0.29, 0.717) is 10.9 Å². The predicted molar refractivity (Wildman–Crippen MR) is 66.6 cm³/mol. The number of benzene rings is 1. The van der Waals surface area contributed by atoms with Crippen LogP contribution < -0.4 is 0 Å². The molecule has 0 amide bonds. The zero-order valence-electron chi connectivity index (χ0n) is 10.7. The second-order valence-corrected chi connectivity index (χ2v) is 4.51. The molecule has 0 atom stereocenters. The van der Waals surface area contributed by atoms with Crippen molar-refractivity contribution in [2.24, 2.45) is 7.05 Å². The van der Waals surface area contributed by atoms with Crippen molar-refractivity contribution in [3.8, 4) is 6.07 Å². The summed E-state index contributed by atoms with van der Waals surface area (Å²) in [5.41, 5.74) is 0.957. The molecule has 2 nitrogen and oxygen atoms in total. The first-order valence-electron chi connectivity index (χ1n) is 5.89. The number of nitrogens with zero attached hydrogens (tertiary/aromatic N) is 2. The highest BCUT2D eigenvalue weighted by molar-refractivity contribution is 5.88. The third-order valence-corrected chi connectivity index (χ3v) is 3.27. The highest BCUT2D eigenvalue weighted by Gasteiger charge is 2.38. The highest BCUT2D eigenvalue weighted by atomic mass is 19.4. The van der Waals surface area contributed by atoms with Gasteiger partial charge in [-0.3, -0.25) is 0 Å². The summed E-state index contributed by atoms with van der Waals surface area (Å²) in [5.74, 6) is 0. The van der Waals surface area contributed by atoms with Gasteiger partial charge in [0.05, 0.1) is 11.6 Å². The van der Waals surface area contributed by atoms with Crippen LogP contribution in [0.2, 0.25) is 0 Å². The van der Waals surface area contributed by atoms with E-state index in [-0.39, 0.29) is 18.4 Å². The zero-order valence-corrected chi connectivity index (χ0v) is 10.7. The molecule has 0 radical (unpaired) electrons. The van der Waals surface area contributed by atoms with Gasteiger partial charge in [0, 0.05) is 18.9 Å². The largest absolute Gasteiger partial charge is 0.431 e. The second-order valence-electron chi connectivity index (χ2n) is 4.51. The van der Waals surface area contributed by atoms with E-state index in [1.165, 1.54) is 11.6 Å². The maximum absolute atomic E-state index is 13.2. The number of para-hydroxylation sites is 1. The molecule has 0 spiro atoms. The van der Waals surface area contributed by atoms with Gasteiger partial charge in [0.1, 0.15) is 5.69 Å². The van der Waals surface area contributed by atoms with Crippen LogP contribution in [0, 0.1) is 18.3 Å². The molecule has 0 aliphatic heterocycles. The lowest BCUT2D eigenvalue weighted by atomic mass is 10.0. The number of fused-ring (bicyclic) bond motifs is 1. The van der Waals surface area contributed by atoms with Crippen molar-refractivity contribution in [3.63, 3.8) is 0 Å². The molecule has 0 bridgehead atoms. The van der Waals surface area contributed by atoms with Gasteiger partial charge in [-0.05, 0) is 24.5 Å². The lowest BCUT2D eigenvalue weighted by Crippen LogP contribution is -2.13. The molecule has 0 fully saturated rings. The van der Waals surface area contributed by atoms with Gasteiger partial charge in [-0.15, -0.1) is 0 Å². The molecule has 0 saturated heterocycles. The molecule has 1 aromatic heterocycles. The zero-order chi connectivity index (χ0) is 14.2. The van der Waals surface area contributed by atoms with Crippen LogP contribution in [0.25, 0.3) is 10.9 Å². The molecule has 100 valence electrons. The summed E-state index contributed by atoms with van der Waals surface area (Å²) >= 11 is 0. The lowest BCUT2D eigenvalue weighted by molar-refractivity contribution is -0.143. The first-order valence-corrected chi connectivity index (χ1v) is 5.89. The summed E-state index contributed by atoms with van der Waals surface area (Å²) in [6, 6.07) is 7.12. The standard InChI is InChI=1S/C14H13F3N2/c1-9-5-3-6-10-11(7-4-8-18)13(14(15,16)17)19(2)12(9)10/h3,5-6H,4,7H2,1-2H3. The highest BCUT2D eigenvalue weighted by Crippen LogP contribution is 2.38. The van der Waals surface area contributed by atoms with E-state index in [0.717, 1.165) is 5.56 Å². The smallest absolute Gasteiger partial charge is 0.340 e. The Hall–Kier alpha value is -1.96. The maximum Gasteiger partial charge on any atom is 0.431 e. The summed E-state index contributed by atoms with van der Waals surface area (Å²) in [7, 11) is 1.42. The van der Waals surface area contributed by atoms with Crippen LogP contribution in [0.3, 0.4) is 0 Å². The normalized spacial score (nSPS) is 11.8. The summed E-state index contributed by atoms with van der Waals surface area (Å²) in [4.78, 5) is 0. The maximum atomic E-state index is 13.2. The Bertz CT molecular complexity index is 660. The Morgan fingerprint density at radius 2 is 2.00 bits per heavy atom. The molecule has 2 rings (SSSR count). The van der Waals surface area contributed by atoms with Crippen LogP contribution in [-0.2, 0) is 19.6 Å². The first-order chi connectivity index (χ1) is 8.88. The van der Waals surface area contributed by atoms with Crippen LogP contribution in [-0.4, -0.2) is 4.57 Å². The number of aryl methyl sites for hydroxylation is 3. The van der Waals surface area contributed by atoms with Crippen molar-refractivity contribution in [2.45, 2.75) is 25.9 Å². The Morgan fingerprint density at radius 1 is 1.32 bits per heavy atom. The van der Waals surface area contributed by atoms with Crippen molar-refractivity contribution < 1.29 is 13.2 Å². The van der Waals surface area contributed by atoms with Crippen molar-refractivity contribution >= 4 is 10.9 Å². The minimum Gasteiger partial charge on any atom is -0.340 e. The van der Waals surface area contributed by atoms with Gasteiger partial charge in [-0.1, -0.05) is 18.2 Å². The number of hydrogen-bond donors (Lipinski definition) is 0. The molecular formula is C14H13F3N2. The molecule has 1 heterocycles. The molecule has 0 N–H and O–H groups in total. The summed E-state index contributed by atoms with van der Waals surface area (Å²) in [6.07, 6.45) is -4.22. The minimum absolute atomic E-state index is 0.0795. The summed E-state index contributed by atoms with van der Waals surface area (Å²) in [5, 5.41) is 9.20. The number of aromatic nitrogens is 1. The number of halogens is 3. The first kappa shape index (κ1) is 13.5. The van der Waals surface area contributed by atoms with Crippen LogP contribution in [0.1, 0.15) is 23.2 Å². The van der Waals surface area contributed by atoms with Crippen molar-refractivity contribution in [3.05, 3.63) is 35.0 Å². The number of rotatable bonds is 2. The second kappa shape index (κ2) is 4.61. The summed E-state index contributed by atoms with van der Waals surface area (Å²) < 4.78 is 40.8. The molecule has 0 unspecified atom stereocenters. The van der Waals surface area contributed by atoms with Gasteiger partial charge in [0.2, 0.25) is 0 Å². The lowest BCUT2D eigenvalue weighted by Gasteiger charge is -2.11. The fraction of sp³-hybridized carbons (Fsp3) is 0.357. The Morgan fingerprint density at radius 3 is 2.58 bits per heavy atom. The van der Waals surface area contributed by atoms with E-state index in [1.807, 2.05) is 6.07 Å². The van der Waals surface area contributed by atoms with E-state index >= 15 is 0 Å². The fourth-order valence-electron chi connectivity index (χ4n) is 2.58. The molecule has 0 aliphatic carbocycles. The van der Waals surface area contributed by atoms with Crippen LogP contribution >= 0.6 is 0 Å². The topological polar surface area (TPSA) is 28.7 Å². The van der Waals surface area contributed by atoms with Crippen molar-refractivity contribution in [1.29, 1.82) is 5.26 Å². The fourth-order valence-corrected chi connectivity index (χ4v) is 2.58. The van der Waals surface area contributed by atoms with Crippen molar-refractivity contribution in [2.75, 3.05) is 0 Å². The quantitative estimate of drug-likeness (QED) is 0.808. The molecule has 19 heavy (non-hydrogen) atoms. The number of nitriles is 1. The average molecular weight is 266 g/mol. The third kappa shape index (κ3) is 2.19. The van der Waals surface area contributed by atoms with E-state index in [9.17, 15) is 13.2 Å². The van der Waals surface area contributed by atoms with E-state index < -0.39 is 11.9 Å². The van der Waals surface area contributed by atoms with Crippen molar-refractivity contribution in [1.82, 2.24) is 4.57 Å². The number of hydrogen-bond acceptors (Lipinski definition) is 1. The Kier molecular flexibility index (Phi) is 3.27. The van der Waals surface area contributed by atoms with Gasteiger partial charge in [-0.2, -0.15) is 18.4 Å². The molecule has 0 saturated carbocycles. The van der Waals surface area contributed by atoms with Gasteiger partial charge in [0.25, 0.3) is 0 Å². The molecule has 0 aliphatic rings. The summed E-state index contributed by atoms with van der Waals surface area (Å²) in [6.45, 7) is 1.79. The van der Waals surface area contributed by atoms with Gasteiger partial charge < -0.3 is 4.57 Å². The van der Waals surface area contributed by atoms with Crippen LogP contribution in [0.5, 0.6) is 0 Å². The molecule has 1 aromatic carbocycles.